The Kier molecular flexibility index (Phi) is 5.72. The van der Waals surface area contributed by atoms with E-state index in [0.29, 0.717) is 18.2 Å². The van der Waals surface area contributed by atoms with Crippen molar-refractivity contribution in [3.05, 3.63) is 18.3 Å². The highest BCUT2D eigenvalue weighted by Crippen LogP contribution is 2.19. The second kappa shape index (κ2) is 7.06. The van der Waals surface area contributed by atoms with E-state index in [0.717, 1.165) is 6.54 Å². The summed E-state index contributed by atoms with van der Waals surface area (Å²) in [5.41, 5.74) is 2.54. The van der Waals surface area contributed by atoms with Crippen LogP contribution in [-0.2, 0) is 0 Å². The van der Waals surface area contributed by atoms with E-state index in [2.05, 4.69) is 28.7 Å². The smallest absolute Gasteiger partial charge is 0.213 e. The molecule has 0 aromatic carbocycles. The molecular weight excluding hydrogens is 244 g/mol. The summed E-state index contributed by atoms with van der Waals surface area (Å²) in [5.74, 6) is 0.572. The molecule has 1 rings (SSSR count). The zero-order chi connectivity index (χ0) is 14.3. The molecule has 0 fully saturated rings. The van der Waals surface area contributed by atoms with Gasteiger partial charge in [0.2, 0.25) is 5.88 Å². The first-order valence-corrected chi connectivity index (χ1v) is 6.09. The average Bonchev–Trinajstić information content (AvgIpc) is 2.34. The first kappa shape index (κ1) is 15.4. The molecule has 1 aromatic heterocycles. The number of ether oxygens (including phenoxy) is 1. The fourth-order valence-corrected chi connectivity index (χ4v) is 1.81. The van der Waals surface area contributed by atoms with Gasteiger partial charge in [-0.2, -0.15) is 0 Å². The molecule has 0 bridgehead atoms. The Morgan fingerprint density at radius 2 is 2.21 bits per heavy atom. The Morgan fingerprint density at radius 1 is 1.47 bits per heavy atom. The van der Waals surface area contributed by atoms with Crippen LogP contribution in [0.3, 0.4) is 0 Å². The maximum Gasteiger partial charge on any atom is 0.213 e. The molecule has 0 radical (unpaired) electrons. The van der Waals surface area contributed by atoms with Crippen molar-refractivity contribution in [1.82, 2.24) is 15.4 Å². The van der Waals surface area contributed by atoms with Crippen molar-refractivity contribution in [1.29, 1.82) is 0 Å². The van der Waals surface area contributed by atoms with Crippen molar-refractivity contribution >= 4 is 12.0 Å². The van der Waals surface area contributed by atoms with Gasteiger partial charge in [0.05, 0.1) is 18.5 Å². The lowest BCUT2D eigenvalue weighted by atomic mass is 9.94. The molecule has 1 heterocycles. The highest BCUT2D eigenvalue weighted by atomic mass is 16.5. The number of aromatic nitrogens is 1. The van der Waals surface area contributed by atoms with Crippen LogP contribution in [0, 0.1) is 5.41 Å². The highest BCUT2D eigenvalue weighted by molar-refractivity contribution is 5.59. The number of hydrogen-bond donors (Lipinski definition) is 2. The summed E-state index contributed by atoms with van der Waals surface area (Å²) < 4.78 is 5.68. The number of nitrogens with zero attached hydrogens (tertiary/aromatic N) is 3. The van der Waals surface area contributed by atoms with Gasteiger partial charge in [-0.25, -0.2) is 9.98 Å². The Balaban J connectivity index is 2.52. The molecule has 6 nitrogen and oxygen atoms in total. The van der Waals surface area contributed by atoms with Crippen molar-refractivity contribution < 1.29 is 9.94 Å². The lowest BCUT2D eigenvalue weighted by Crippen LogP contribution is -2.33. The summed E-state index contributed by atoms with van der Waals surface area (Å²) in [6.07, 6.45) is 2.76. The molecule has 0 amide bonds. The minimum absolute atomic E-state index is 0.0583. The minimum atomic E-state index is 0.0583. The van der Waals surface area contributed by atoms with E-state index in [1.807, 2.05) is 19.6 Å². The summed E-state index contributed by atoms with van der Waals surface area (Å²) >= 11 is 0. The molecule has 0 aliphatic carbocycles. The maximum atomic E-state index is 8.38. The molecule has 1 aromatic rings. The summed E-state index contributed by atoms with van der Waals surface area (Å²) in [5, 5.41) is 8.38. The molecule has 0 unspecified atom stereocenters. The zero-order valence-corrected chi connectivity index (χ0v) is 11.9. The van der Waals surface area contributed by atoms with Crippen LogP contribution in [0.5, 0.6) is 5.88 Å². The molecule has 2 N–H and O–H groups in total. The average molecular weight is 266 g/mol. The fraction of sp³-hybridized carbons (Fsp3) is 0.538. The third kappa shape index (κ3) is 6.17. The van der Waals surface area contributed by atoms with Gasteiger partial charge in [0.15, 0.2) is 0 Å². The SMILES string of the molecule is CN(C)CC(C)(C)COc1ccc(N=CNO)cn1. The Bertz CT molecular complexity index is 402. The zero-order valence-electron chi connectivity index (χ0n) is 11.9. The second-order valence-corrected chi connectivity index (χ2v) is 5.43. The van der Waals surface area contributed by atoms with Crippen LogP contribution in [0.15, 0.2) is 23.3 Å². The normalized spacial score (nSPS) is 12.1. The third-order valence-corrected chi connectivity index (χ3v) is 2.35. The van der Waals surface area contributed by atoms with Gasteiger partial charge in [-0.15, -0.1) is 0 Å². The molecule has 0 aliphatic rings. The predicted molar refractivity (Wildman–Crippen MR) is 75.1 cm³/mol. The molecular formula is C13H22N4O2. The fourth-order valence-electron chi connectivity index (χ4n) is 1.81. The third-order valence-electron chi connectivity index (χ3n) is 2.35. The molecule has 0 saturated carbocycles. The first-order valence-electron chi connectivity index (χ1n) is 6.09. The maximum absolute atomic E-state index is 8.38. The number of nitrogens with one attached hydrogen (secondary N) is 1. The van der Waals surface area contributed by atoms with Crippen molar-refractivity contribution in [2.45, 2.75) is 13.8 Å². The largest absolute Gasteiger partial charge is 0.477 e. The number of hydroxylamine groups is 1. The number of pyridine rings is 1. The van der Waals surface area contributed by atoms with Gasteiger partial charge in [0, 0.05) is 18.0 Å². The predicted octanol–water partition coefficient (Wildman–Crippen LogP) is 1.69. The van der Waals surface area contributed by atoms with Crippen molar-refractivity contribution in [3.63, 3.8) is 0 Å². The summed E-state index contributed by atoms with van der Waals surface area (Å²) in [6, 6.07) is 3.53. The lowest BCUT2D eigenvalue weighted by molar-refractivity contribution is 0.137. The van der Waals surface area contributed by atoms with E-state index < -0.39 is 0 Å². The van der Waals surface area contributed by atoms with E-state index in [9.17, 15) is 0 Å². The van der Waals surface area contributed by atoms with Gasteiger partial charge < -0.3 is 9.64 Å². The van der Waals surface area contributed by atoms with Crippen LogP contribution in [0.1, 0.15) is 13.8 Å². The van der Waals surface area contributed by atoms with Gasteiger partial charge in [0.25, 0.3) is 0 Å². The van der Waals surface area contributed by atoms with Crippen LogP contribution >= 0.6 is 0 Å². The Labute approximate surface area is 114 Å². The van der Waals surface area contributed by atoms with Crippen LogP contribution in [0.2, 0.25) is 0 Å². The van der Waals surface area contributed by atoms with E-state index in [4.69, 9.17) is 9.94 Å². The number of hydrogen-bond acceptors (Lipinski definition) is 5. The van der Waals surface area contributed by atoms with Gasteiger partial charge in [-0.3, -0.25) is 10.7 Å². The highest BCUT2D eigenvalue weighted by Gasteiger charge is 2.20. The standard InChI is InChI=1S/C13H22N4O2/c1-13(2,8-17(3)4)9-19-12-6-5-11(7-14-12)15-10-16-18/h5-7,10,18H,8-9H2,1-4H3,(H,15,16). The quantitative estimate of drug-likeness (QED) is 0.446. The van der Waals surface area contributed by atoms with Crippen molar-refractivity contribution in [2.75, 3.05) is 27.2 Å². The van der Waals surface area contributed by atoms with E-state index >= 15 is 0 Å². The van der Waals surface area contributed by atoms with Gasteiger partial charge >= 0.3 is 0 Å². The van der Waals surface area contributed by atoms with Crippen LogP contribution in [0.4, 0.5) is 5.69 Å². The summed E-state index contributed by atoms with van der Waals surface area (Å²) in [6.45, 7) is 5.84. The molecule has 19 heavy (non-hydrogen) atoms. The monoisotopic (exact) mass is 266 g/mol. The van der Waals surface area contributed by atoms with Gasteiger partial charge in [-0.1, -0.05) is 13.8 Å². The molecule has 0 atom stereocenters. The summed E-state index contributed by atoms with van der Waals surface area (Å²) in [4.78, 5) is 10.2. The lowest BCUT2D eigenvalue weighted by Gasteiger charge is -2.27. The molecule has 0 spiro atoms. The number of rotatable bonds is 7. The Hall–Kier alpha value is -1.66. The van der Waals surface area contributed by atoms with E-state index in [1.54, 1.807) is 18.3 Å². The molecule has 0 aliphatic heterocycles. The summed E-state index contributed by atoms with van der Waals surface area (Å²) in [7, 11) is 4.09. The Morgan fingerprint density at radius 3 is 2.74 bits per heavy atom. The van der Waals surface area contributed by atoms with E-state index in [-0.39, 0.29) is 5.41 Å². The van der Waals surface area contributed by atoms with Crippen LogP contribution < -0.4 is 10.2 Å². The first-order chi connectivity index (χ1) is 8.93. The van der Waals surface area contributed by atoms with Crippen LogP contribution in [0.25, 0.3) is 0 Å². The second-order valence-electron chi connectivity index (χ2n) is 5.43. The van der Waals surface area contributed by atoms with E-state index in [1.165, 1.54) is 6.34 Å². The van der Waals surface area contributed by atoms with Crippen molar-refractivity contribution in [2.24, 2.45) is 10.4 Å². The van der Waals surface area contributed by atoms with Gasteiger partial charge in [-0.05, 0) is 20.2 Å². The number of aliphatic imine (C=N–C) groups is 1. The molecule has 106 valence electrons. The molecule has 0 saturated heterocycles. The topological polar surface area (TPSA) is 70.0 Å². The molecule has 6 heteroatoms. The van der Waals surface area contributed by atoms with Gasteiger partial charge in [0.1, 0.15) is 6.34 Å². The van der Waals surface area contributed by atoms with Crippen molar-refractivity contribution in [3.8, 4) is 5.88 Å². The van der Waals surface area contributed by atoms with Crippen LogP contribution in [-0.4, -0.2) is 48.7 Å². The minimum Gasteiger partial charge on any atom is -0.477 e.